The van der Waals surface area contributed by atoms with Crippen LogP contribution in [0.25, 0.3) is 0 Å². The zero-order valence-corrected chi connectivity index (χ0v) is 37.6. The van der Waals surface area contributed by atoms with E-state index in [-0.39, 0.29) is 59.5 Å². The van der Waals surface area contributed by atoms with Crippen molar-refractivity contribution in [3.8, 4) is 23.0 Å². The van der Waals surface area contributed by atoms with E-state index in [1.165, 1.54) is 35.4 Å². The quantitative estimate of drug-likeness (QED) is 0.0705. The van der Waals surface area contributed by atoms with E-state index in [4.69, 9.17) is 18.9 Å². The average Bonchev–Trinajstić information content (AvgIpc) is 3.72. The molecule has 16 heteroatoms. The third-order valence-electron chi connectivity index (χ3n) is 12.0. The van der Waals surface area contributed by atoms with Crippen molar-refractivity contribution >= 4 is 68.0 Å². The molecular weight excluding hydrogens is 855 g/mol. The average molecular weight is 904 g/mol. The third kappa shape index (κ3) is 8.69. The number of hydrogen-bond donors (Lipinski definition) is 4. The summed E-state index contributed by atoms with van der Waals surface area (Å²) in [5, 5.41) is 6.12. The van der Waals surface area contributed by atoms with Crippen LogP contribution in [-0.2, 0) is 47.5 Å². The van der Waals surface area contributed by atoms with E-state index in [1.54, 1.807) is 31.4 Å². The lowest BCUT2D eigenvalue weighted by atomic mass is 10.1. The molecule has 5 aromatic rings. The molecule has 0 saturated carbocycles. The maximum Gasteiger partial charge on any atom is 0.310 e. The predicted octanol–water partition coefficient (Wildman–Crippen LogP) is 8.15. The van der Waals surface area contributed by atoms with Crippen molar-refractivity contribution in [2.45, 2.75) is 76.1 Å². The van der Waals surface area contributed by atoms with Crippen molar-refractivity contribution in [2.24, 2.45) is 4.99 Å². The predicted molar refractivity (Wildman–Crippen MR) is 250 cm³/mol. The van der Waals surface area contributed by atoms with Crippen molar-refractivity contribution in [1.29, 1.82) is 0 Å². The van der Waals surface area contributed by atoms with Crippen molar-refractivity contribution in [3.05, 3.63) is 124 Å². The molecule has 0 aromatic heterocycles. The lowest BCUT2D eigenvalue weighted by Gasteiger charge is -2.25. The molecule has 2 amide bonds. The van der Waals surface area contributed by atoms with E-state index in [2.05, 4.69) is 57.4 Å². The van der Waals surface area contributed by atoms with Gasteiger partial charge in [-0.1, -0.05) is 50.2 Å². The molecule has 0 spiro atoms. The summed E-state index contributed by atoms with van der Waals surface area (Å²) >= 11 is 4.59. The Bertz CT molecular complexity index is 2820. The monoisotopic (exact) mass is 903 g/mol. The Kier molecular flexibility index (Phi) is 11.5. The number of nitrogens with one attached hydrogen (secondary N) is 2. The fraction of sp³-hybridized carbons (Fsp3) is 0.312. The molecular formula is C48H49N5O9S2. The normalized spacial score (nSPS) is 17.3. The number of benzene rings is 5. The van der Waals surface area contributed by atoms with Crippen LogP contribution in [0.5, 0.6) is 23.0 Å². The van der Waals surface area contributed by atoms with Crippen molar-refractivity contribution < 1.29 is 41.5 Å². The van der Waals surface area contributed by atoms with Crippen LogP contribution in [0.3, 0.4) is 0 Å². The number of thiol groups is 1. The maximum absolute atomic E-state index is 14.2. The molecule has 0 saturated heterocycles. The number of fused-ring (bicyclic) bond motifs is 8. The molecule has 5 aromatic carbocycles. The number of ether oxygens (including phenoxy) is 4. The summed E-state index contributed by atoms with van der Waals surface area (Å²) in [6.45, 7) is 5.49. The highest BCUT2D eigenvalue weighted by molar-refractivity contribution is 8.01. The van der Waals surface area contributed by atoms with Gasteiger partial charge in [-0.3, -0.25) is 19.0 Å². The van der Waals surface area contributed by atoms with E-state index in [1.807, 2.05) is 44.2 Å². The van der Waals surface area contributed by atoms with Gasteiger partial charge in [0.2, 0.25) is 5.91 Å². The summed E-state index contributed by atoms with van der Waals surface area (Å²) in [6.07, 6.45) is 1.95. The van der Waals surface area contributed by atoms with Gasteiger partial charge in [0.15, 0.2) is 28.0 Å². The first-order valence-corrected chi connectivity index (χ1v) is 22.9. The molecule has 0 aliphatic carbocycles. The second-order valence-corrected chi connectivity index (χ2v) is 19.7. The molecule has 4 aliphatic rings. The van der Waals surface area contributed by atoms with Crippen LogP contribution in [0.2, 0.25) is 0 Å². The molecule has 2 atom stereocenters. The van der Waals surface area contributed by atoms with E-state index in [0.717, 1.165) is 41.9 Å². The highest BCUT2D eigenvalue weighted by Crippen LogP contribution is 2.44. The van der Waals surface area contributed by atoms with Gasteiger partial charge in [-0.25, -0.2) is 4.99 Å². The molecule has 0 radical (unpaired) electrons. The second kappa shape index (κ2) is 17.0. The fourth-order valence-electron chi connectivity index (χ4n) is 8.94. The van der Waals surface area contributed by atoms with Crippen LogP contribution in [0.4, 0.5) is 28.4 Å². The van der Waals surface area contributed by atoms with Crippen molar-refractivity contribution in [3.63, 3.8) is 0 Å². The highest BCUT2D eigenvalue weighted by atomic mass is 32.2. The van der Waals surface area contributed by atoms with Crippen LogP contribution in [0.1, 0.15) is 64.9 Å². The van der Waals surface area contributed by atoms with Crippen LogP contribution >= 0.6 is 12.6 Å². The molecule has 4 heterocycles. The Labute approximate surface area is 377 Å². The van der Waals surface area contributed by atoms with Crippen molar-refractivity contribution in [2.75, 3.05) is 41.2 Å². The van der Waals surface area contributed by atoms with Gasteiger partial charge in [0.1, 0.15) is 13.2 Å². The number of anilines is 4. The summed E-state index contributed by atoms with van der Waals surface area (Å²) in [6, 6.07) is 27.3. The smallest absolute Gasteiger partial charge is 0.310 e. The van der Waals surface area contributed by atoms with Crippen molar-refractivity contribution in [1.82, 2.24) is 0 Å². The molecule has 9 rings (SSSR count). The standard InChI is InChI=1S/C48H49N5O9S2/c1-48(2,63)14-13-45(54)50-33-16-28(26-61-43-22-36-32(20-41(43)59-3)25-52-34(24-49-36)18-30-9-5-7-11-38(30)52)15-29(17-33)27-62-44-23-37-35(21-42(44)60-4)47(55)53-39-12-8-6-10-31(39)19-40(53)46(51-37)64(56,57)58/h5-12,15-17,20-23,34,40,49,63H,13-14,18-19,24-27H2,1-4H3,(H,50,54)(H,56,57,58)/t34-,40-/m0/s1. The van der Waals surface area contributed by atoms with Gasteiger partial charge in [0, 0.05) is 65.6 Å². The zero-order valence-electron chi connectivity index (χ0n) is 35.9. The number of methoxy groups -OCH3 is 2. The Morgan fingerprint density at radius 3 is 2.17 bits per heavy atom. The van der Waals surface area contributed by atoms with Crippen LogP contribution in [0, 0.1) is 0 Å². The van der Waals surface area contributed by atoms with E-state index in [9.17, 15) is 22.6 Å². The first kappa shape index (κ1) is 43.0. The lowest BCUT2D eigenvalue weighted by molar-refractivity contribution is -0.116. The molecule has 0 unspecified atom stereocenters. The van der Waals surface area contributed by atoms with Crippen LogP contribution < -0.4 is 39.4 Å². The SMILES string of the molecule is COc1cc2c(cc1OCc1cc(COc3cc4c(cc3OC)CN3c5ccccc5C[C@H]3CN4)cc(NC(=O)CCC(C)(C)S)c1)N=C(S(=O)(=O)O)[C@@H]1Cc3ccccc3N1C2=O. The fourth-order valence-corrected chi connectivity index (χ4v) is 9.80. The molecule has 0 bridgehead atoms. The maximum atomic E-state index is 14.2. The number of aliphatic imine (C=N–C) groups is 1. The number of rotatable bonds is 12. The minimum absolute atomic E-state index is 0.00285. The van der Waals surface area contributed by atoms with Gasteiger partial charge in [-0.05, 0) is 83.1 Å². The van der Waals surface area contributed by atoms with Gasteiger partial charge < -0.3 is 34.5 Å². The summed E-state index contributed by atoms with van der Waals surface area (Å²) in [5.41, 5.74) is 7.95. The summed E-state index contributed by atoms with van der Waals surface area (Å²) in [4.78, 5) is 35.5. The number of hydrogen-bond acceptors (Lipinski definition) is 12. The number of para-hydroxylation sites is 2. The minimum atomic E-state index is -4.83. The highest BCUT2D eigenvalue weighted by Gasteiger charge is 2.44. The number of amides is 2. The molecule has 3 N–H and O–H groups in total. The first-order valence-electron chi connectivity index (χ1n) is 21.1. The molecule has 4 aliphatic heterocycles. The Morgan fingerprint density at radius 1 is 0.859 bits per heavy atom. The molecule has 14 nitrogen and oxygen atoms in total. The summed E-state index contributed by atoms with van der Waals surface area (Å²) in [5.74, 6) is 0.840. The van der Waals surface area contributed by atoms with Gasteiger partial charge in [0.05, 0.1) is 37.6 Å². The minimum Gasteiger partial charge on any atom is -0.493 e. The largest absolute Gasteiger partial charge is 0.493 e. The van der Waals surface area contributed by atoms with E-state index >= 15 is 0 Å². The zero-order chi connectivity index (χ0) is 44.9. The summed E-state index contributed by atoms with van der Waals surface area (Å²) in [7, 11) is -1.78. The van der Waals surface area contributed by atoms with Crippen LogP contribution in [0.15, 0.2) is 96.0 Å². The van der Waals surface area contributed by atoms with E-state index < -0.39 is 27.1 Å². The Morgan fingerprint density at radius 2 is 1.50 bits per heavy atom. The molecule has 332 valence electrons. The topological polar surface area (TPSA) is 168 Å². The first-order chi connectivity index (χ1) is 30.6. The number of carbonyl (C=O) groups excluding carboxylic acids is 2. The van der Waals surface area contributed by atoms with Crippen LogP contribution in [-0.4, -0.2) is 67.4 Å². The van der Waals surface area contributed by atoms with E-state index in [0.29, 0.717) is 40.9 Å². The summed E-state index contributed by atoms with van der Waals surface area (Å²) < 4.78 is 60.0. The molecule has 64 heavy (non-hydrogen) atoms. The second-order valence-electron chi connectivity index (χ2n) is 17.1. The van der Waals surface area contributed by atoms with Gasteiger partial charge in [-0.15, -0.1) is 0 Å². The number of carbonyl (C=O) groups is 2. The Balaban J connectivity index is 0.993. The number of nitrogens with zero attached hydrogens (tertiary/aromatic N) is 3. The van der Waals surface area contributed by atoms with Gasteiger partial charge >= 0.3 is 10.1 Å². The molecule has 0 fully saturated rings. The van der Waals surface area contributed by atoms with Gasteiger partial charge in [0.25, 0.3) is 5.91 Å². The lowest BCUT2D eigenvalue weighted by Crippen LogP contribution is -2.44. The third-order valence-corrected chi connectivity index (χ3v) is 13.1. The van der Waals surface area contributed by atoms with Gasteiger partial charge in [-0.2, -0.15) is 21.0 Å². The Hall–Kier alpha value is -6.23.